The number of carbonyl (C=O) groups is 1. The summed E-state index contributed by atoms with van der Waals surface area (Å²) in [4.78, 5) is 32.4. The van der Waals surface area contributed by atoms with Crippen LogP contribution in [0, 0.1) is 5.82 Å². The van der Waals surface area contributed by atoms with Gasteiger partial charge in [-0.1, -0.05) is 79.8 Å². The molecule has 1 atom stereocenters. The van der Waals surface area contributed by atoms with E-state index in [0.717, 1.165) is 5.56 Å². The van der Waals surface area contributed by atoms with E-state index in [9.17, 15) is 14.0 Å². The SMILES string of the molecule is CC1=C(C(=O)Nc2ccccc2)[C@H](c2ccc(F)cc2)n2c(s/c(=C\c3ccc(C(C)C)cc3)c2=O)=N1. The standard InChI is InChI=1S/C30H26FN3O2S/c1-18(2)21-11-9-20(10-12-21)17-25-29(36)34-27(22-13-15-23(31)16-14-22)26(19(3)32-30(34)37-25)28(35)33-24-7-5-4-6-8-24/h4-18,27H,1-3H3,(H,33,35)/b25-17-/t27-/m0/s1. The van der Waals surface area contributed by atoms with E-state index in [2.05, 4.69) is 36.3 Å². The second-order valence-corrected chi connectivity index (χ2v) is 10.3. The number of fused-ring (bicyclic) bond motifs is 1. The number of amides is 1. The Morgan fingerprint density at radius 3 is 2.35 bits per heavy atom. The number of rotatable bonds is 5. The van der Waals surface area contributed by atoms with Crippen LogP contribution in [0.4, 0.5) is 10.1 Å². The number of benzene rings is 3. The van der Waals surface area contributed by atoms with E-state index in [1.165, 1.54) is 29.0 Å². The molecule has 2 heterocycles. The van der Waals surface area contributed by atoms with Crippen molar-refractivity contribution in [3.63, 3.8) is 0 Å². The molecule has 0 saturated heterocycles. The number of nitrogens with one attached hydrogen (secondary N) is 1. The highest BCUT2D eigenvalue weighted by atomic mass is 32.1. The van der Waals surface area contributed by atoms with Crippen LogP contribution in [0.3, 0.4) is 0 Å². The van der Waals surface area contributed by atoms with Crippen LogP contribution < -0.4 is 20.2 Å². The number of hydrogen-bond acceptors (Lipinski definition) is 4. The summed E-state index contributed by atoms with van der Waals surface area (Å²) < 4.78 is 15.8. The molecule has 4 aromatic rings. The molecule has 0 radical (unpaired) electrons. The highest BCUT2D eigenvalue weighted by Gasteiger charge is 2.32. The molecule has 5 rings (SSSR count). The van der Waals surface area contributed by atoms with Crippen molar-refractivity contribution in [2.45, 2.75) is 32.7 Å². The van der Waals surface area contributed by atoms with Crippen molar-refractivity contribution >= 4 is 29.0 Å². The molecule has 186 valence electrons. The van der Waals surface area contributed by atoms with Gasteiger partial charge in [-0.15, -0.1) is 0 Å². The fourth-order valence-electron chi connectivity index (χ4n) is 4.42. The van der Waals surface area contributed by atoms with Crippen LogP contribution in [0.1, 0.15) is 49.4 Å². The number of hydrogen-bond donors (Lipinski definition) is 1. The van der Waals surface area contributed by atoms with E-state index in [0.29, 0.717) is 37.8 Å². The zero-order chi connectivity index (χ0) is 26.1. The molecule has 1 aliphatic heterocycles. The molecule has 0 bridgehead atoms. The molecule has 1 N–H and O–H groups in total. The quantitative estimate of drug-likeness (QED) is 0.404. The summed E-state index contributed by atoms with van der Waals surface area (Å²) in [6, 6.07) is 22.4. The number of allylic oxidation sites excluding steroid dienone is 1. The predicted molar refractivity (Wildman–Crippen MR) is 146 cm³/mol. The third-order valence-electron chi connectivity index (χ3n) is 6.38. The monoisotopic (exact) mass is 511 g/mol. The molecular formula is C30H26FN3O2S. The van der Waals surface area contributed by atoms with Crippen molar-refractivity contribution in [3.8, 4) is 0 Å². The van der Waals surface area contributed by atoms with E-state index in [1.807, 2.05) is 36.4 Å². The Morgan fingerprint density at radius 1 is 1.03 bits per heavy atom. The van der Waals surface area contributed by atoms with Gasteiger partial charge in [0.1, 0.15) is 5.82 Å². The molecule has 1 aromatic heterocycles. The summed E-state index contributed by atoms with van der Waals surface area (Å²) in [5.41, 5.74) is 4.00. The average Bonchev–Trinajstić information content (AvgIpc) is 3.18. The summed E-state index contributed by atoms with van der Waals surface area (Å²) in [5, 5.41) is 2.91. The van der Waals surface area contributed by atoms with Gasteiger partial charge in [0.15, 0.2) is 4.80 Å². The lowest BCUT2D eigenvalue weighted by molar-refractivity contribution is -0.113. The minimum atomic E-state index is -0.744. The highest BCUT2D eigenvalue weighted by Crippen LogP contribution is 2.31. The number of aromatic nitrogens is 1. The second-order valence-electron chi connectivity index (χ2n) is 9.27. The van der Waals surface area contributed by atoms with Gasteiger partial charge in [-0.3, -0.25) is 14.2 Å². The molecule has 3 aromatic carbocycles. The van der Waals surface area contributed by atoms with Crippen molar-refractivity contribution in [1.29, 1.82) is 0 Å². The van der Waals surface area contributed by atoms with E-state index >= 15 is 0 Å². The molecular weight excluding hydrogens is 485 g/mol. The van der Waals surface area contributed by atoms with Crippen molar-refractivity contribution < 1.29 is 9.18 Å². The van der Waals surface area contributed by atoms with Gasteiger partial charge in [0.05, 0.1) is 21.8 Å². The van der Waals surface area contributed by atoms with Crippen molar-refractivity contribution in [3.05, 3.63) is 132 Å². The van der Waals surface area contributed by atoms with Crippen molar-refractivity contribution in [2.75, 3.05) is 5.32 Å². The minimum Gasteiger partial charge on any atom is -0.322 e. The molecule has 0 aliphatic carbocycles. The Hall–Kier alpha value is -4.10. The van der Waals surface area contributed by atoms with Gasteiger partial charge in [0, 0.05) is 5.69 Å². The number of thiazole rings is 1. The lowest BCUT2D eigenvalue weighted by Crippen LogP contribution is -2.40. The summed E-state index contributed by atoms with van der Waals surface area (Å²) in [5.74, 6) is -0.337. The Bertz CT molecular complexity index is 1670. The Balaban J connectivity index is 1.64. The number of carbonyl (C=O) groups excluding carboxylic acids is 1. The smallest absolute Gasteiger partial charge is 0.271 e. The van der Waals surface area contributed by atoms with E-state index in [4.69, 9.17) is 0 Å². The van der Waals surface area contributed by atoms with Crippen LogP contribution in [-0.4, -0.2) is 10.5 Å². The van der Waals surface area contributed by atoms with Gasteiger partial charge in [-0.25, -0.2) is 9.38 Å². The first-order valence-corrected chi connectivity index (χ1v) is 12.9. The Morgan fingerprint density at radius 2 is 1.70 bits per heavy atom. The molecule has 0 spiro atoms. The Labute approximate surface area is 218 Å². The molecule has 0 saturated carbocycles. The average molecular weight is 512 g/mol. The maximum atomic E-state index is 13.8. The molecule has 1 amide bonds. The lowest BCUT2D eigenvalue weighted by atomic mass is 9.95. The fraction of sp³-hybridized carbons (Fsp3) is 0.167. The van der Waals surface area contributed by atoms with Crippen molar-refractivity contribution in [1.82, 2.24) is 4.57 Å². The lowest BCUT2D eigenvalue weighted by Gasteiger charge is -2.25. The van der Waals surface area contributed by atoms with Crippen LogP contribution >= 0.6 is 11.3 Å². The molecule has 7 heteroatoms. The van der Waals surface area contributed by atoms with Gasteiger partial charge in [0.2, 0.25) is 0 Å². The molecule has 0 unspecified atom stereocenters. The van der Waals surface area contributed by atoms with Crippen LogP contribution in [-0.2, 0) is 4.79 Å². The van der Waals surface area contributed by atoms with Crippen molar-refractivity contribution in [2.24, 2.45) is 4.99 Å². The van der Waals surface area contributed by atoms with Gasteiger partial charge in [-0.2, -0.15) is 0 Å². The zero-order valence-electron chi connectivity index (χ0n) is 20.7. The number of anilines is 1. The van der Waals surface area contributed by atoms with Crippen LogP contribution in [0.5, 0.6) is 0 Å². The largest absolute Gasteiger partial charge is 0.322 e. The molecule has 37 heavy (non-hydrogen) atoms. The topological polar surface area (TPSA) is 63.5 Å². The second kappa shape index (κ2) is 10.1. The predicted octanol–water partition coefficient (Wildman–Crippen LogP) is 5.14. The zero-order valence-corrected chi connectivity index (χ0v) is 21.6. The molecule has 1 aliphatic rings. The third-order valence-corrected chi connectivity index (χ3v) is 7.37. The summed E-state index contributed by atoms with van der Waals surface area (Å²) in [7, 11) is 0. The highest BCUT2D eigenvalue weighted by molar-refractivity contribution is 7.07. The minimum absolute atomic E-state index is 0.247. The first-order chi connectivity index (χ1) is 17.8. The van der Waals surface area contributed by atoms with Crippen LogP contribution in [0.2, 0.25) is 0 Å². The van der Waals surface area contributed by atoms with Crippen LogP contribution in [0.25, 0.3) is 6.08 Å². The van der Waals surface area contributed by atoms with Gasteiger partial charge < -0.3 is 5.32 Å². The third kappa shape index (κ3) is 4.95. The summed E-state index contributed by atoms with van der Waals surface area (Å²) in [6.45, 7) is 6.03. The summed E-state index contributed by atoms with van der Waals surface area (Å²) in [6.07, 6.45) is 1.85. The normalized spacial score (nSPS) is 15.5. The first-order valence-electron chi connectivity index (χ1n) is 12.1. The summed E-state index contributed by atoms with van der Waals surface area (Å²) >= 11 is 1.28. The van der Waals surface area contributed by atoms with Crippen LogP contribution in [0.15, 0.2) is 99.9 Å². The first kappa shape index (κ1) is 24.6. The van der Waals surface area contributed by atoms with E-state index < -0.39 is 11.9 Å². The van der Waals surface area contributed by atoms with E-state index in [1.54, 1.807) is 35.8 Å². The van der Waals surface area contributed by atoms with Gasteiger partial charge in [-0.05, 0) is 59.9 Å². The van der Waals surface area contributed by atoms with E-state index in [-0.39, 0.29) is 11.5 Å². The molecule has 5 nitrogen and oxygen atoms in total. The maximum absolute atomic E-state index is 13.8. The van der Waals surface area contributed by atoms with Gasteiger partial charge in [0.25, 0.3) is 11.5 Å². The number of para-hydroxylation sites is 1. The fourth-order valence-corrected chi connectivity index (χ4v) is 5.47. The van der Waals surface area contributed by atoms with Gasteiger partial charge >= 0.3 is 0 Å². The number of halogens is 1. The number of nitrogens with zero attached hydrogens (tertiary/aromatic N) is 2. The molecule has 0 fully saturated rings. The maximum Gasteiger partial charge on any atom is 0.271 e. The Kier molecular flexibility index (Phi) is 6.72.